The van der Waals surface area contributed by atoms with E-state index in [1.165, 1.54) is 22.8 Å². The van der Waals surface area contributed by atoms with Crippen molar-refractivity contribution in [1.29, 1.82) is 0 Å². The van der Waals surface area contributed by atoms with E-state index in [1.54, 1.807) is 6.07 Å². The Hall–Kier alpha value is -2.18. The fourth-order valence-electron chi connectivity index (χ4n) is 2.51. The van der Waals surface area contributed by atoms with Crippen LogP contribution in [0.5, 0.6) is 0 Å². The van der Waals surface area contributed by atoms with Gasteiger partial charge >= 0.3 is 0 Å². The van der Waals surface area contributed by atoms with Crippen LogP contribution >= 0.6 is 23.2 Å². The van der Waals surface area contributed by atoms with E-state index < -0.39 is 5.82 Å². The minimum absolute atomic E-state index is 0.0681. The Labute approximate surface area is 160 Å². The van der Waals surface area contributed by atoms with Crippen LogP contribution in [0.15, 0.2) is 24.4 Å². The highest BCUT2D eigenvalue weighted by atomic mass is 35.5. The summed E-state index contributed by atoms with van der Waals surface area (Å²) in [7, 11) is 0. The van der Waals surface area contributed by atoms with Crippen molar-refractivity contribution < 1.29 is 9.18 Å². The molecule has 0 aliphatic heterocycles. The predicted octanol–water partition coefficient (Wildman–Crippen LogP) is 5.11. The zero-order chi connectivity index (χ0) is 19.0. The van der Waals surface area contributed by atoms with Crippen molar-refractivity contribution >= 4 is 41.0 Å². The second-order valence-electron chi connectivity index (χ2n) is 6.38. The van der Waals surface area contributed by atoms with Crippen LogP contribution in [0, 0.1) is 11.7 Å². The Morgan fingerprint density at radius 3 is 2.62 bits per heavy atom. The van der Waals surface area contributed by atoms with Gasteiger partial charge in [0.05, 0.1) is 22.3 Å². The van der Waals surface area contributed by atoms with Gasteiger partial charge in [-0.25, -0.2) is 9.37 Å². The Balaban J connectivity index is 2.33. The summed E-state index contributed by atoms with van der Waals surface area (Å²) in [4.78, 5) is 15.6. The van der Waals surface area contributed by atoms with Gasteiger partial charge in [-0.15, -0.1) is 0 Å². The minimum Gasteiger partial charge on any atom is -0.367 e. The first kappa shape index (κ1) is 18.6. The summed E-state index contributed by atoms with van der Waals surface area (Å²) in [6, 6.07) is 4.13. The molecule has 3 rings (SSSR count). The quantitative estimate of drug-likeness (QED) is 0.482. The van der Waals surface area contributed by atoms with Gasteiger partial charge in [-0.1, -0.05) is 37.0 Å². The lowest BCUT2D eigenvalue weighted by atomic mass is 10.0. The molecule has 1 atom stereocenters. The minimum atomic E-state index is -0.448. The summed E-state index contributed by atoms with van der Waals surface area (Å²) in [6.45, 7) is 6.16. The first-order chi connectivity index (χ1) is 12.3. The molecule has 0 spiro atoms. The maximum Gasteiger partial charge on any atom is 0.169 e. The number of carbonyl (C=O) groups excluding carboxylic acids is 1. The number of fused-ring (bicyclic) bond motifs is 1. The molecular weight excluding hydrogens is 378 g/mol. The first-order valence-corrected chi connectivity index (χ1v) is 8.83. The van der Waals surface area contributed by atoms with Gasteiger partial charge in [0.25, 0.3) is 0 Å². The van der Waals surface area contributed by atoms with Crippen molar-refractivity contribution in [2.24, 2.45) is 5.92 Å². The molecule has 0 bridgehead atoms. The zero-order valence-electron chi connectivity index (χ0n) is 14.4. The molecule has 8 heteroatoms. The topological polar surface area (TPSA) is 59.3 Å². The number of aldehydes is 1. The van der Waals surface area contributed by atoms with Crippen LogP contribution in [-0.4, -0.2) is 26.9 Å². The maximum atomic E-state index is 13.5. The second-order valence-corrected chi connectivity index (χ2v) is 7.15. The highest BCUT2D eigenvalue weighted by molar-refractivity contribution is 6.36. The number of hydrogen-bond acceptors (Lipinski definition) is 4. The molecule has 0 saturated heterocycles. The summed E-state index contributed by atoms with van der Waals surface area (Å²) in [6.07, 6.45) is 2.10. The SMILES string of the molecule is CC(C)C(C)Nc1c(-c2ccc(F)cc2Cl)c(Cl)nc2c(C=O)cnn12. The van der Waals surface area contributed by atoms with Gasteiger partial charge in [0, 0.05) is 11.6 Å². The number of aromatic nitrogens is 3. The largest absolute Gasteiger partial charge is 0.367 e. The van der Waals surface area contributed by atoms with Crippen molar-refractivity contribution in [3.8, 4) is 11.1 Å². The Kier molecular flexibility index (Phi) is 5.16. The Bertz CT molecular complexity index is 987. The highest BCUT2D eigenvalue weighted by Crippen LogP contribution is 2.39. The predicted molar refractivity (Wildman–Crippen MR) is 102 cm³/mol. The number of rotatable bonds is 5. The third-order valence-electron chi connectivity index (χ3n) is 4.32. The van der Waals surface area contributed by atoms with Crippen LogP contribution in [0.25, 0.3) is 16.8 Å². The summed E-state index contributed by atoms with van der Waals surface area (Å²) in [5.41, 5.74) is 1.68. The van der Waals surface area contributed by atoms with Gasteiger partial charge in [-0.05, 0) is 31.0 Å². The lowest BCUT2D eigenvalue weighted by molar-refractivity contribution is 0.112. The second kappa shape index (κ2) is 7.21. The van der Waals surface area contributed by atoms with Gasteiger partial charge in [0.15, 0.2) is 11.9 Å². The van der Waals surface area contributed by atoms with E-state index in [4.69, 9.17) is 23.2 Å². The molecule has 26 heavy (non-hydrogen) atoms. The molecule has 0 aliphatic carbocycles. The van der Waals surface area contributed by atoms with E-state index in [-0.39, 0.29) is 16.2 Å². The molecule has 0 amide bonds. The van der Waals surface area contributed by atoms with Crippen molar-refractivity contribution in [3.05, 3.63) is 46.0 Å². The molecule has 2 heterocycles. The molecule has 0 fully saturated rings. The van der Waals surface area contributed by atoms with Gasteiger partial charge < -0.3 is 5.32 Å². The van der Waals surface area contributed by atoms with Gasteiger partial charge in [0.1, 0.15) is 16.8 Å². The van der Waals surface area contributed by atoms with E-state index in [2.05, 4.69) is 29.2 Å². The van der Waals surface area contributed by atoms with Crippen LogP contribution in [0.4, 0.5) is 10.2 Å². The number of anilines is 1. The van der Waals surface area contributed by atoms with Crippen LogP contribution in [0.2, 0.25) is 10.2 Å². The summed E-state index contributed by atoms with van der Waals surface area (Å²) < 4.78 is 15.0. The fraction of sp³-hybridized carbons (Fsp3) is 0.278. The molecule has 1 N–H and O–H groups in total. The van der Waals surface area contributed by atoms with Crippen molar-refractivity contribution in [2.45, 2.75) is 26.8 Å². The summed E-state index contributed by atoms with van der Waals surface area (Å²) >= 11 is 12.7. The average molecular weight is 395 g/mol. The number of nitrogens with one attached hydrogen (secondary N) is 1. The molecule has 1 aromatic carbocycles. The van der Waals surface area contributed by atoms with Crippen LogP contribution in [0.3, 0.4) is 0 Å². The molecule has 2 aromatic heterocycles. The smallest absolute Gasteiger partial charge is 0.169 e. The third-order valence-corrected chi connectivity index (χ3v) is 4.91. The van der Waals surface area contributed by atoms with E-state index in [0.29, 0.717) is 40.4 Å². The van der Waals surface area contributed by atoms with Crippen molar-refractivity contribution in [3.63, 3.8) is 0 Å². The molecule has 5 nitrogen and oxygen atoms in total. The van der Waals surface area contributed by atoms with Gasteiger partial charge in [0.2, 0.25) is 0 Å². The van der Waals surface area contributed by atoms with Gasteiger partial charge in [-0.3, -0.25) is 4.79 Å². The zero-order valence-corrected chi connectivity index (χ0v) is 15.9. The van der Waals surface area contributed by atoms with Gasteiger partial charge in [-0.2, -0.15) is 9.61 Å². The average Bonchev–Trinajstić information content (AvgIpc) is 2.98. The lowest BCUT2D eigenvalue weighted by Gasteiger charge is -2.22. The number of halogens is 3. The molecular formula is C18H17Cl2FN4O. The van der Waals surface area contributed by atoms with Crippen LogP contribution < -0.4 is 5.32 Å². The number of carbonyl (C=O) groups is 1. The summed E-state index contributed by atoms with van der Waals surface area (Å²) in [5.74, 6) is 0.411. The normalized spacial score (nSPS) is 12.6. The van der Waals surface area contributed by atoms with E-state index in [1.807, 2.05) is 6.92 Å². The third kappa shape index (κ3) is 3.27. The number of nitrogens with zero attached hydrogens (tertiary/aromatic N) is 3. The van der Waals surface area contributed by atoms with E-state index in [0.717, 1.165) is 0 Å². The Morgan fingerprint density at radius 2 is 2.00 bits per heavy atom. The van der Waals surface area contributed by atoms with E-state index in [9.17, 15) is 9.18 Å². The standard InChI is InChI=1S/C18H17Cl2FN4O/c1-9(2)10(3)23-18-15(13-5-4-12(21)6-14(13)19)16(20)24-17-11(8-26)7-22-25(17)18/h4-10,23H,1-3H3. The summed E-state index contributed by atoms with van der Waals surface area (Å²) in [5, 5.41) is 7.99. The Morgan fingerprint density at radius 1 is 1.27 bits per heavy atom. The molecule has 1 unspecified atom stereocenters. The molecule has 3 aromatic rings. The monoisotopic (exact) mass is 394 g/mol. The number of benzene rings is 1. The first-order valence-electron chi connectivity index (χ1n) is 8.07. The lowest BCUT2D eigenvalue weighted by Crippen LogP contribution is -2.24. The number of hydrogen-bond donors (Lipinski definition) is 1. The van der Waals surface area contributed by atoms with Crippen LogP contribution in [0.1, 0.15) is 31.1 Å². The van der Waals surface area contributed by atoms with E-state index >= 15 is 0 Å². The van der Waals surface area contributed by atoms with Crippen LogP contribution in [-0.2, 0) is 0 Å². The van der Waals surface area contributed by atoms with Crippen molar-refractivity contribution in [2.75, 3.05) is 5.32 Å². The molecule has 0 radical (unpaired) electrons. The van der Waals surface area contributed by atoms with Crippen molar-refractivity contribution in [1.82, 2.24) is 14.6 Å². The fourth-order valence-corrected chi connectivity index (χ4v) is 3.05. The molecule has 0 saturated carbocycles. The highest BCUT2D eigenvalue weighted by Gasteiger charge is 2.22. The maximum absolute atomic E-state index is 13.5. The molecule has 0 aliphatic rings. The molecule has 136 valence electrons.